The van der Waals surface area contributed by atoms with Gasteiger partial charge in [0.05, 0.1) is 11.3 Å². The number of halogens is 3. The lowest BCUT2D eigenvalue weighted by Gasteiger charge is -2.35. The molecule has 4 rings (SSSR count). The molecule has 0 saturated carbocycles. The van der Waals surface area contributed by atoms with Crippen LogP contribution in [-0.4, -0.2) is 40.2 Å². The van der Waals surface area contributed by atoms with Crippen molar-refractivity contribution in [1.29, 1.82) is 0 Å². The normalized spacial score (nSPS) is 15.7. The maximum atomic E-state index is 14.3. The average molecular weight is 680 g/mol. The SMILES string of the molecule is O=C(O)CCCCNC(=O)C(c1ccc(Cl)cc1)N1C(=O)c2cc(I)ccc2NC(=O)C1c1ccc(Cl)cc1. The van der Waals surface area contributed by atoms with E-state index >= 15 is 0 Å². The van der Waals surface area contributed by atoms with Crippen LogP contribution in [0, 0.1) is 3.57 Å². The molecule has 3 N–H and O–H groups in total. The van der Waals surface area contributed by atoms with Gasteiger partial charge >= 0.3 is 5.97 Å². The second kappa shape index (κ2) is 12.8. The van der Waals surface area contributed by atoms with Gasteiger partial charge in [0.1, 0.15) is 12.1 Å². The van der Waals surface area contributed by atoms with E-state index in [-0.39, 0.29) is 18.5 Å². The Morgan fingerprint density at radius 2 is 1.62 bits per heavy atom. The minimum atomic E-state index is -1.20. The molecule has 3 aromatic carbocycles. The lowest BCUT2D eigenvalue weighted by atomic mass is 9.97. The monoisotopic (exact) mass is 679 g/mol. The molecule has 2 unspecified atom stereocenters. The van der Waals surface area contributed by atoms with E-state index in [1.807, 2.05) is 0 Å². The smallest absolute Gasteiger partial charge is 0.303 e. The van der Waals surface area contributed by atoms with Crippen molar-refractivity contribution in [2.24, 2.45) is 0 Å². The number of benzene rings is 3. The van der Waals surface area contributed by atoms with Crippen LogP contribution in [0.2, 0.25) is 10.0 Å². The van der Waals surface area contributed by atoms with Gasteiger partial charge in [-0.05, 0) is 89.0 Å². The Morgan fingerprint density at radius 3 is 2.26 bits per heavy atom. The number of carbonyl (C=O) groups excluding carboxylic acids is 3. The van der Waals surface area contributed by atoms with Crippen LogP contribution >= 0.6 is 45.8 Å². The topological polar surface area (TPSA) is 116 Å². The molecule has 1 aliphatic heterocycles. The first-order chi connectivity index (χ1) is 18.7. The largest absolute Gasteiger partial charge is 0.481 e. The minimum Gasteiger partial charge on any atom is -0.481 e. The van der Waals surface area contributed by atoms with Gasteiger partial charge in [0.15, 0.2) is 0 Å². The highest BCUT2D eigenvalue weighted by Gasteiger charge is 2.43. The van der Waals surface area contributed by atoms with Gasteiger partial charge in [-0.1, -0.05) is 47.5 Å². The second-order valence-electron chi connectivity index (χ2n) is 8.94. The number of amides is 3. The van der Waals surface area contributed by atoms with Crippen LogP contribution in [0.4, 0.5) is 5.69 Å². The Kier molecular flexibility index (Phi) is 9.47. The quantitative estimate of drug-likeness (QED) is 0.194. The van der Waals surface area contributed by atoms with Crippen LogP contribution < -0.4 is 10.6 Å². The number of hydrogen-bond donors (Lipinski definition) is 3. The highest BCUT2D eigenvalue weighted by molar-refractivity contribution is 14.1. The van der Waals surface area contributed by atoms with Crippen molar-refractivity contribution in [2.75, 3.05) is 11.9 Å². The van der Waals surface area contributed by atoms with Gasteiger partial charge in [-0.15, -0.1) is 0 Å². The van der Waals surface area contributed by atoms with Crippen molar-refractivity contribution >= 4 is 75.2 Å². The number of aliphatic carboxylic acids is 1. The molecule has 11 heteroatoms. The lowest BCUT2D eigenvalue weighted by Crippen LogP contribution is -2.47. The molecule has 0 aliphatic carbocycles. The summed E-state index contributed by atoms with van der Waals surface area (Å²) in [6.07, 6.45) is 0.794. The van der Waals surface area contributed by atoms with Gasteiger partial charge in [0.2, 0.25) is 5.91 Å². The fourth-order valence-electron chi connectivity index (χ4n) is 4.40. The number of nitrogens with one attached hydrogen (secondary N) is 2. The highest BCUT2D eigenvalue weighted by atomic mass is 127. The van der Waals surface area contributed by atoms with E-state index in [1.165, 1.54) is 4.90 Å². The zero-order valence-corrected chi connectivity index (χ0v) is 24.2. The minimum absolute atomic E-state index is 0.0185. The summed E-state index contributed by atoms with van der Waals surface area (Å²) in [6, 6.07) is 15.8. The van der Waals surface area contributed by atoms with E-state index in [0.29, 0.717) is 39.7 Å². The van der Waals surface area contributed by atoms with Gasteiger partial charge in [-0.3, -0.25) is 19.2 Å². The molecule has 0 saturated heterocycles. The molecule has 8 nitrogen and oxygen atoms in total. The average Bonchev–Trinajstić information content (AvgIpc) is 3.00. The Labute approximate surface area is 248 Å². The van der Waals surface area contributed by atoms with Crippen LogP contribution in [0.25, 0.3) is 0 Å². The summed E-state index contributed by atoms with van der Waals surface area (Å²) >= 11 is 14.3. The first kappa shape index (κ1) is 28.8. The molecular weight excluding hydrogens is 656 g/mol. The van der Waals surface area contributed by atoms with Crippen molar-refractivity contribution in [2.45, 2.75) is 31.3 Å². The van der Waals surface area contributed by atoms with Crippen LogP contribution in [0.3, 0.4) is 0 Å². The number of unbranched alkanes of at least 4 members (excludes halogenated alkanes) is 1. The van der Waals surface area contributed by atoms with Crippen molar-refractivity contribution in [3.63, 3.8) is 0 Å². The predicted octanol–water partition coefficient (Wildman–Crippen LogP) is 5.85. The van der Waals surface area contributed by atoms with Crippen LogP contribution in [0.15, 0.2) is 66.7 Å². The van der Waals surface area contributed by atoms with Gasteiger partial charge in [-0.25, -0.2) is 0 Å². The molecule has 202 valence electrons. The van der Waals surface area contributed by atoms with E-state index in [1.54, 1.807) is 66.7 Å². The molecule has 0 spiro atoms. The molecule has 0 aromatic heterocycles. The molecule has 39 heavy (non-hydrogen) atoms. The highest BCUT2D eigenvalue weighted by Crippen LogP contribution is 2.38. The van der Waals surface area contributed by atoms with Crippen LogP contribution in [-0.2, 0) is 14.4 Å². The van der Waals surface area contributed by atoms with E-state index in [2.05, 4.69) is 33.2 Å². The molecule has 1 aliphatic rings. The van der Waals surface area contributed by atoms with Gasteiger partial charge < -0.3 is 20.6 Å². The molecular formula is C28H24Cl2IN3O5. The molecule has 0 bridgehead atoms. The van der Waals surface area contributed by atoms with Gasteiger partial charge in [0.25, 0.3) is 11.8 Å². The van der Waals surface area contributed by atoms with Crippen molar-refractivity contribution < 1.29 is 24.3 Å². The number of fused-ring (bicyclic) bond motifs is 1. The molecule has 0 radical (unpaired) electrons. The summed E-state index contributed by atoms with van der Waals surface area (Å²) in [5.74, 6) is -2.43. The Bertz CT molecular complexity index is 1400. The van der Waals surface area contributed by atoms with E-state index in [0.717, 1.165) is 3.57 Å². The van der Waals surface area contributed by atoms with Crippen molar-refractivity contribution in [1.82, 2.24) is 10.2 Å². The molecule has 3 aromatic rings. The number of anilines is 1. The third-order valence-corrected chi connectivity index (χ3v) is 7.42. The number of carboxylic acid groups (broad SMARTS) is 1. The summed E-state index contributed by atoms with van der Waals surface area (Å²) < 4.78 is 0.782. The molecule has 3 amide bonds. The lowest BCUT2D eigenvalue weighted by molar-refractivity contribution is -0.137. The number of hydrogen-bond acceptors (Lipinski definition) is 4. The standard InChI is InChI=1S/C28H24Cl2IN3O5/c29-18-8-4-16(5-9-18)24(26(37)32-14-2-1-3-23(35)36)34-25(17-6-10-19(30)11-7-17)27(38)33-22-13-12-20(31)15-21(22)28(34)39/h4-13,15,24-25H,1-3,14H2,(H,32,37)(H,33,38)(H,35,36). The Morgan fingerprint density at radius 1 is 0.974 bits per heavy atom. The maximum Gasteiger partial charge on any atom is 0.303 e. The van der Waals surface area contributed by atoms with Crippen molar-refractivity contribution in [3.8, 4) is 0 Å². The number of carboxylic acids is 1. The molecule has 1 heterocycles. The third-order valence-electron chi connectivity index (χ3n) is 6.25. The second-order valence-corrected chi connectivity index (χ2v) is 11.1. The van der Waals surface area contributed by atoms with E-state index < -0.39 is 35.8 Å². The summed E-state index contributed by atoms with van der Waals surface area (Å²) in [4.78, 5) is 53.9. The summed E-state index contributed by atoms with van der Waals surface area (Å²) in [5.41, 5.74) is 1.52. The summed E-state index contributed by atoms with van der Waals surface area (Å²) in [5, 5.41) is 15.5. The zero-order chi connectivity index (χ0) is 28.1. The van der Waals surface area contributed by atoms with E-state index in [4.69, 9.17) is 28.3 Å². The molecule has 2 atom stereocenters. The predicted molar refractivity (Wildman–Crippen MR) is 157 cm³/mol. The number of rotatable bonds is 9. The Balaban J connectivity index is 1.82. The first-order valence-electron chi connectivity index (χ1n) is 12.1. The van der Waals surface area contributed by atoms with E-state index in [9.17, 15) is 19.2 Å². The van der Waals surface area contributed by atoms with Gasteiger partial charge in [-0.2, -0.15) is 0 Å². The number of nitrogens with zero attached hydrogens (tertiary/aromatic N) is 1. The third kappa shape index (κ3) is 6.90. The maximum absolute atomic E-state index is 14.3. The Hall–Kier alpha value is -3.15. The molecule has 0 fully saturated rings. The van der Waals surface area contributed by atoms with Gasteiger partial charge in [0, 0.05) is 26.6 Å². The van der Waals surface area contributed by atoms with Crippen LogP contribution in [0.1, 0.15) is 52.8 Å². The summed E-state index contributed by atoms with van der Waals surface area (Å²) in [7, 11) is 0. The number of carbonyl (C=O) groups is 4. The first-order valence-corrected chi connectivity index (χ1v) is 13.9. The fourth-order valence-corrected chi connectivity index (χ4v) is 5.15. The summed E-state index contributed by atoms with van der Waals surface area (Å²) in [6.45, 7) is 0.199. The van der Waals surface area contributed by atoms with Crippen LogP contribution in [0.5, 0.6) is 0 Å². The van der Waals surface area contributed by atoms with Crippen molar-refractivity contribution in [3.05, 3.63) is 97.0 Å². The zero-order valence-electron chi connectivity index (χ0n) is 20.5. The fraction of sp³-hybridized carbons (Fsp3) is 0.214.